The molecule has 0 unspecified atom stereocenters. The molecule has 1 heterocycles. The van der Waals surface area contributed by atoms with Gasteiger partial charge < -0.3 is 4.74 Å². The van der Waals surface area contributed by atoms with E-state index in [0.717, 1.165) is 12.8 Å². The van der Waals surface area contributed by atoms with Crippen molar-refractivity contribution >= 4 is 22.6 Å². The van der Waals surface area contributed by atoms with Gasteiger partial charge in [-0.1, -0.05) is 25.5 Å². The molecule has 1 aromatic carbocycles. The van der Waals surface area contributed by atoms with Crippen LogP contribution in [0.15, 0.2) is 34.2 Å². The Bertz CT molecular complexity index is 857. The van der Waals surface area contributed by atoms with Gasteiger partial charge in [0.2, 0.25) is 5.95 Å². The van der Waals surface area contributed by atoms with E-state index in [1.807, 2.05) is 38.1 Å². The second kappa shape index (κ2) is 9.13. The molecule has 1 saturated carbocycles. The van der Waals surface area contributed by atoms with E-state index in [1.54, 1.807) is 4.57 Å². The molecule has 0 saturated heterocycles. The van der Waals surface area contributed by atoms with Crippen molar-refractivity contribution in [1.29, 1.82) is 0 Å². The lowest BCUT2D eigenvalue weighted by Crippen LogP contribution is -2.26. The number of aromatic nitrogens is 2. The molecule has 0 radical (unpaired) electrons. The summed E-state index contributed by atoms with van der Waals surface area (Å²) in [6.45, 7) is 7.40. The molecule has 1 aliphatic carbocycles. The fourth-order valence-electron chi connectivity index (χ4n) is 3.46. The van der Waals surface area contributed by atoms with Crippen LogP contribution in [-0.2, 0) is 11.3 Å². The normalized spacial score (nSPS) is 19.1. The topological polar surface area (TPSA) is 68.5 Å². The number of nitrogens with zero attached hydrogens (tertiary/aromatic N) is 3. The van der Waals surface area contributed by atoms with Crippen LogP contribution in [-0.4, -0.2) is 28.0 Å². The molecule has 6 nitrogen and oxygen atoms in total. The number of benzene rings is 1. The number of hydrogen-bond donors (Lipinski definition) is 1. The van der Waals surface area contributed by atoms with Gasteiger partial charge in [0.25, 0.3) is 5.56 Å². The van der Waals surface area contributed by atoms with E-state index in [9.17, 15) is 4.79 Å². The second-order valence-electron chi connectivity index (χ2n) is 7.54. The van der Waals surface area contributed by atoms with Crippen molar-refractivity contribution in [2.24, 2.45) is 11.0 Å². The molecule has 27 heavy (non-hydrogen) atoms. The summed E-state index contributed by atoms with van der Waals surface area (Å²) in [5.74, 6) is 0.986. The lowest BCUT2D eigenvalue weighted by Gasteiger charge is -2.20. The van der Waals surface area contributed by atoms with E-state index < -0.39 is 0 Å². The van der Waals surface area contributed by atoms with Crippen molar-refractivity contribution in [2.75, 3.05) is 12.0 Å². The average Bonchev–Trinajstić information content (AvgIpc) is 2.66. The van der Waals surface area contributed by atoms with Gasteiger partial charge in [0.15, 0.2) is 0 Å². The van der Waals surface area contributed by atoms with Crippen LogP contribution >= 0.6 is 0 Å². The predicted molar refractivity (Wildman–Crippen MR) is 110 cm³/mol. The number of nitrogens with one attached hydrogen (secondary N) is 1. The number of ether oxygens (including phenoxy) is 1. The summed E-state index contributed by atoms with van der Waals surface area (Å²) in [4.78, 5) is 17.6. The molecular formula is C21H30N4O2. The van der Waals surface area contributed by atoms with Gasteiger partial charge in [-0.2, -0.15) is 5.10 Å². The van der Waals surface area contributed by atoms with Gasteiger partial charge in [0.05, 0.1) is 17.0 Å². The third-order valence-corrected chi connectivity index (χ3v) is 5.03. The molecule has 1 aromatic heterocycles. The van der Waals surface area contributed by atoms with E-state index in [0.29, 0.717) is 35.9 Å². The van der Waals surface area contributed by atoms with Crippen LogP contribution in [0.5, 0.6) is 0 Å². The fraction of sp³-hybridized carbons (Fsp3) is 0.571. The molecule has 1 atom stereocenters. The van der Waals surface area contributed by atoms with Crippen LogP contribution in [0.3, 0.4) is 0 Å². The van der Waals surface area contributed by atoms with Gasteiger partial charge in [-0.15, -0.1) is 0 Å². The number of para-hydroxylation sites is 1. The van der Waals surface area contributed by atoms with Crippen LogP contribution in [0, 0.1) is 5.92 Å². The summed E-state index contributed by atoms with van der Waals surface area (Å²) in [5.41, 5.74) is 4.91. The summed E-state index contributed by atoms with van der Waals surface area (Å²) in [6, 6.07) is 7.46. The third-order valence-electron chi connectivity index (χ3n) is 5.03. The van der Waals surface area contributed by atoms with E-state index in [4.69, 9.17) is 4.74 Å². The highest BCUT2D eigenvalue weighted by atomic mass is 16.5. The second-order valence-corrected chi connectivity index (χ2v) is 7.54. The van der Waals surface area contributed by atoms with Crippen LogP contribution in [0.1, 0.15) is 52.9 Å². The van der Waals surface area contributed by atoms with Gasteiger partial charge in [-0.3, -0.25) is 9.36 Å². The van der Waals surface area contributed by atoms with Crippen molar-refractivity contribution < 1.29 is 4.74 Å². The first kappa shape index (κ1) is 19.5. The molecule has 0 amide bonds. The molecule has 1 aliphatic rings. The van der Waals surface area contributed by atoms with E-state index in [-0.39, 0.29) is 11.7 Å². The van der Waals surface area contributed by atoms with Crippen LogP contribution in [0.4, 0.5) is 5.95 Å². The molecular weight excluding hydrogens is 340 g/mol. The van der Waals surface area contributed by atoms with Crippen LogP contribution in [0.25, 0.3) is 10.9 Å². The summed E-state index contributed by atoms with van der Waals surface area (Å²) in [7, 11) is 0. The van der Waals surface area contributed by atoms with Crippen molar-refractivity contribution in [2.45, 2.75) is 65.5 Å². The molecule has 0 aliphatic heterocycles. The Morgan fingerprint density at radius 1 is 1.33 bits per heavy atom. The Balaban J connectivity index is 1.87. The predicted octanol–water partition coefficient (Wildman–Crippen LogP) is 4.19. The van der Waals surface area contributed by atoms with Gasteiger partial charge in [0.1, 0.15) is 0 Å². The first-order valence-corrected chi connectivity index (χ1v) is 10.00. The Kier molecular flexibility index (Phi) is 6.61. The summed E-state index contributed by atoms with van der Waals surface area (Å²) >= 11 is 0. The standard InChI is InChI=1S/C21H30N4O2/c1-15(2)27-14-8-13-25-20(26)17-10-5-7-12-19(17)22-21(25)24-23-18-11-6-4-9-16(18)3/h5,7,10,12,15-16H,4,6,8-9,11,13-14H2,1-3H3,(H,22,24)/b23-18-/t16-/m1/s1. The molecule has 0 bridgehead atoms. The zero-order valence-electron chi connectivity index (χ0n) is 16.6. The van der Waals surface area contributed by atoms with Gasteiger partial charge in [-0.05, 0) is 57.6 Å². The highest BCUT2D eigenvalue weighted by molar-refractivity contribution is 5.87. The van der Waals surface area contributed by atoms with Crippen LogP contribution < -0.4 is 11.0 Å². The molecule has 1 N–H and O–H groups in total. The Labute approximate surface area is 160 Å². The van der Waals surface area contributed by atoms with Crippen molar-refractivity contribution in [3.8, 4) is 0 Å². The van der Waals surface area contributed by atoms with E-state index in [2.05, 4.69) is 22.4 Å². The number of anilines is 1. The monoisotopic (exact) mass is 370 g/mol. The first-order chi connectivity index (χ1) is 13.1. The molecule has 6 heteroatoms. The maximum absolute atomic E-state index is 13.0. The highest BCUT2D eigenvalue weighted by Gasteiger charge is 2.16. The number of hydrogen-bond acceptors (Lipinski definition) is 5. The Morgan fingerprint density at radius 3 is 2.93 bits per heavy atom. The number of rotatable bonds is 7. The van der Waals surface area contributed by atoms with Crippen molar-refractivity contribution in [3.63, 3.8) is 0 Å². The van der Waals surface area contributed by atoms with E-state index in [1.165, 1.54) is 25.0 Å². The van der Waals surface area contributed by atoms with Crippen molar-refractivity contribution in [3.05, 3.63) is 34.6 Å². The largest absolute Gasteiger partial charge is 0.379 e. The van der Waals surface area contributed by atoms with Crippen LogP contribution in [0.2, 0.25) is 0 Å². The molecule has 146 valence electrons. The first-order valence-electron chi connectivity index (χ1n) is 10.00. The third kappa shape index (κ3) is 4.95. The highest BCUT2D eigenvalue weighted by Crippen LogP contribution is 2.21. The average molecular weight is 370 g/mol. The van der Waals surface area contributed by atoms with Crippen molar-refractivity contribution in [1.82, 2.24) is 9.55 Å². The minimum atomic E-state index is -0.0375. The van der Waals surface area contributed by atoms with Gasteiger partial charge >= 0.3 is 0 Å². The molecule has 0 spiro atoms. The zero-order chi connectivity index (χ0) is 19.2. The molecule has 1 fully saturated rings. The summed E-state index contributed by atoms with van der Waals surface area (Å²) in [6.07, 6.45) is 5.55. The minimum absolute atomic E-state index is 0.0375. The molecule has 2 aromatic rings. The smallest absolute Gasteiger partial charge is 0.262 e. The number of fused-ring (bicyclic) bond motifs is 1. The van der Waals surface area contributed by atoms with Gasteiger partial charge in [-0.25, -0.2) is 10.4 Å². The van der Waals surface area contributed by atoms with Gasteiger partial charge in [0, 0.05) is 18.9 Å². The Morgan fingerprint density at radius 2 is 2.15 bits per heavy atom. The SMILES string of the molecule is CC(C)OCCCn1c(N/N=C2/CCCC[C@H]2C)nc2ccccc2c1=O. The lowest BCUT2D eigenvalue weighted by molar-refractivity contribution is 0.0748. The zero-order valence-corrected chi connectivity index (χ0v) is 16.6. The summed E-state index contributed by atoms with van der Waals surface area (Å²) in [5, 5.41) is 5.24. The fourth-order valence-corrected chi connectivity index (χ4v) is 3.46. The lowest BCUT2D eigenvalue weighted by atomic mass is 9.89. The quantitative estimate of drug-likeness (QED) is 0.586. The minimum Gasteiger partial charge on any atom is -0.379 e. The number of hydrazone groups is 1. The maximum Gasteiger partial charge on any atom is 0.262 e. The maximum atomic E-state index is 13.0. The summed E-state index contributed by atoms with van der Waals surface area (Å²) < 4.78 is 7.30. The Hall–Kier alpha value is -2.21. The van der Waals surface area contributed by atoms with E-state index >= 15 is 0 Å². The molecule has 3 rings (SSSR count).